The first-order valence-electron chi connectivity index (χ1n) is 12.8. The number of fused-ring (bicyclic) bond motifs is 1. The zero-order valence-corrected chi connectivity index (χ0v) is 22.5. The van der Waals surface area contributed by atoms with Gasteiger partial charge in [-0.2, -0.15) is 5.10 Å². The number of carbonyl (C=O) groups excluding carboxylic acids is 2. The van der Waals surface area contributed by atoms with Gasteiger partial charge in [-0.15, -0.1) is 0 Å². The van der Waals surface area contributed by atoms with Crippen LogP contribution in [0.4, 0.5) is 4.39 Å². The number of rotatable bonds is 9. The van der Waals surface area contributed by atoms with E-state index in [1.54, 1.807) is 23.6 Å². The van der Waals surface area contributed by atoms with Crippen LogP contribution in [-0.4, -0.2) is 33.1 Å². The Morgan fingerprint density at radius 3 is 2.34 bits per heavy atom. The molecule has 198 valence electrons. The van der Waals surface area contributed by atoms with Crippen LogP contribution >= 0.6 is 0 Å². The average Bonchev–Trinajstić information content (AvgIpc) is 3.20. The van der Waals surface area contributed by atoms with Gasteiger partial charge in [-0.05, 0) is 69.9 Å². The van der Waals surface area contributed by atoms with Crippen LogP contribution in [0.15, 0.2) is 48.5 Å². The molecule has 0 saturated heterocycles. The summed E-state index contributed by atoms with van der Waals surface area (Å²) in [4.78, 5) is 30.1. The fourth-order valence-corrected chi connectivity index (χ4v) is 4.73. The third-order valence-electron chi connectivity index (χ3n) is 6.73. The van der Waals surface area contributed by atoms with Gasteiger partial charge in [-0.1, -0.05) is 42.0 Å². The minimum Gasteiger partial charge on any atom is -0.466 e. The number of nitrogens with one attached hydrogen (secondary N) is 1. The third kappa shape index (κ3) is 5.90. The smallest absolute Gasteiger partial charge is 0.308 e. The highest BCUT2D eigenvalue weighted by Crippen LogP contribution is 2.29. The second-order valence-electron chi connectivity index (χ2n) is 9.50. The van der Waals surface area contributed by atoms with Gasteiger partial charge in [-0.3, -0.25) is 9.59 Å². The lowest BCUT2D eigenvalue weighted by atomic mass is 10.0. The van der Waals surface area contributed by atoms with Crippen LogP contribution in [0, 0.1) is 33.5 Å². The van der Waals surface area contributed by atoms with Crippen LogP contribution in [-0.2, 0) is 20.7 Å². The molecule has 0 unspecified atom stereocenters. The standard InChI is InChI=1S/C30H33FN4O3/c1-6-38-28(37)17-26(22-9-7-18(2)8-10-22)33-27(36)16-15-25-19(3)32-30-29(20(4)34-35(30)21(25)5)23-11-13-24(31)14-12-23/h7-14,26H,6,15-17H2,1-5H3,(H,33,36)/t26-/m1/s1. The fourth-order valence-electron chi connectivity index (χ4n) is 4.73. The molecule has 0 saturated carbocycles. The van der Waals surface area contributed by atoms with Crippen molar-refractivity contribution in [3.8, 4) is 11.1 Å². The van der Waals surface area contributed by atoms with E-state index in [2.05, 4.69) is 5.32 Å². The van der Waals surface area contributed by atoms with E-state index in [4.69, 9.17) is 14.8 Å². The Hall–Kier alpha value is -4.07. The molecular weight excluding hydrogens is 483 g/mol. The number of aryl methyl sites for hydroxylation is 4. The molecule has 2 heterocycles. The van der Waals surface area contributed by atoms with Crippen LogP contribution in [0.3, 0.4) is 0 Å². The summed E-state index contributed by atoms with van der Waals surface area (Å²) >= 11 is 0. The molecule has 2 aromatic heterocycles. The second kappa shape index (κ2) is 11.5. The van der Waals surface area contributed by atoms with Crippen molar-refractivity contribution in [2.24, 2.45) is 0 Å². The molecule has 4 aromatic rings. The number of carbonyl (C=O) groups is 2. The Balaban J connectivity index is 1.54. The first-order valence-corrected chi connectivity index (χ1v) is 12.8. The van der Waals surface area contributed by atoms with Gasteiger partial charge >= 0.3 is 5.97 Å². The van der Waals surface area contributed by atoms with Crippen LogP contribution in [0.25, 0.3) is 16.8 Å². The van der Waals surface area contributed by atoms with Gasteiger partial charge in [0.1, 0.15) is 5.82 Å². The van der Waals surface area contributed by atoms with Crippen LogP contribution in [0.2, 0.25) is 0 Å². The predicted molar refractivity (Wildman–Crippen MR) is 144 cm³/mol. The van der Waals surface area contributed by atoms with E-state index >= 15 is 0 Å². The van der Waals surface area contributed by atoms with E-state index in [0.717, 1.165) is 44.9 Å². The van der Waals surface area contributed by atoms with Crippen LogP contribution < -0.4 is 5.32 Å². The Bertz CT molecular complexity index is 1460. The lowest BCUT2D eigenvalue weighted by Crippen LogP contribution is -2.31. The highest BCUT2D eigenvalue weighted by Gasteiger charge is 2.21. The van der Waals surface area contributed by atoms with Crippen molar-refractivity contribution in [2.75, 3.05) is 6.61 Å². The van der Waals surface area contributed by atoms with E-state index in [0.29, 0.717) is 12.1 Å². The monoisotopic (exact) mass is 516 g/mol. The molecule has 0 radical (unpaired) electrons. The summed E-state index contributed by atoms with van der Waals surface area (Å²) in [6, 6.07) is 13.6. The first-order chi connectivity index (χ1) is 18.2. The lowest BCUT2D eigenvalue weighted by Gasteiger charge is -2.19. The van der Waals surface area contributed by atoms with Crippen molar-refractivity contribution in [1.82, 2.24) is 19.9 Å². The van der Waals surface area contributed by atoms with Crippen LogP contribution in [0.5, 0.6) is 0 Å². The van der Waals surface area contributed by atoms with Crippen molar-refractivity contribution in [2.45, 2.75) is 59.9 Å². The molecule has 2 aromatic carbocycles. The molecule has 7 nitrogen and oxygen atoms in total. The highest BCUT2D eigenvalue weighted by molar-refractivity contribution is 5.81. The number of amides is 1. The van der Waals surface area contributed by atoms with E-state index in [9.17, 15) is 14.0 Å². The number of aromatic nitrogens is 3. The number of hydrogen-bond donors (Lipinski definition) is 1. The summed E-state index contributed by atoms with van der Waals surface area (Å²) in [6.45, 7) is 9.83. The molecule has 0 bridgehead atoms. The summed E-state index contributed by atoms with van der Waals surface area (Å²) in [7, 11) is 0. The summed E-state index contributed by atoms with van der Waals surface area (Å²) in [5, 5.41) is 7.71. The quantitative estimate of drug-likeness (QED) is 0.297. The summed E-state index contributed by atoms with van der Waals surface area (Å²) in [5.74, 6) is -0.816. The zero-order chi connectivity index (χ0) is 27.4. The largest absolute Gasteiger partial charge is 0.466 e. The highest BCUT2D eigenvalue weighted by atomic mass is 19.1. The number of benzene rings is 2. The third-order valence-corrected chi connectivity index (χ3v) is 6.73. The van der Waals surface area contributed by atoms with E-state index in [-0.39, 0.29) is 37.1 Å². The molecule has 38 heavy (non-hydrogen) atoms. The van der Waals surface area contributed by atoms with Crippen molar-refractivity contribution < 1.29 is 18.7 Å². The van der Waals surface area contributed by atoms with Gasteiger partial charge in [0.2, 0.25) is 5.91 Å². The SMILES string of the molecule is CCOC(=O)C[C@@H](NC(=O)CCc1c(C)nc2c(-c3ccc(F)cc3)c(C)nn2c1C)c1ccc(C)cc1. The van der Waals surface area contributed by atoms with E-state index in [1.807, 2.05) is 52.0 Å². The molecule has 0 spiro atoms. The summed E-state index contributed by atoms with van der Waals surface area (Å²) in [5.41, 5.74) is 7.81. The molecular formula is C30H33FN4O3. The Morgan fingerprint density at radius 2 is 1.68 bits per heavy atom. The molecule has 0 aliphatic carbocycles. The molecule has 8 heteroatoms. The number of esters is 1. The normalized spacial score (nSPS) is 11.9. The Labute approximate surface area is 222 Å². The maximum Gasteiger partial charge on any atom is 0.308 e. The van der Waals surface area contributed by atoms with Gasteiger partial charge in [0.15, 0.2) is 5.65 Å². The molecule has 0 fully saturated rings. The Kier molecular flexibility index (Phi) is 8.20. The van der Waals surface area contributed by atoms with Crippen molar-refractivity contribution >= 4 is 17.5 Å². The minimum atomic E-state index is -0.475. The number of halogens is 1. The summed E-state index contributed by atoms with van der Waals surface area (Å²) in [6.07, 6.45) is 0.759. The molecule has 0 aliphatic heterocycles. The van der Waals surface area contributed by atoms with Crippen molar-refractivity contribution in [3.63, 3.8) is 0 Å². The Morgan fingerprint density at radius 1 is 1.00 bits per heavy atom. The van der Waals surface area contributed by atoms with Crippen molar-refractivity contribution in [3.05, 3.63) is 88.1 Å². The molecule has 1 N–H and O–H groups in total. The molecule has 1 atom stereocenters. The number of hydrogen-bond acceptors (Lipinski definition) is 5. The van der Waals surface area contributed by atoms with Crippen molar-refractivity contribution in [1.29, 1.82) is 0 Å². The van der Waals surface area contributed by atoms with E-state index < -0.39 is 6.04 Å². The molecule has 4 rings (SSSR count). The topological polar surface area (TPSA) is 85.6 Å². The molecule has 1 amide bonds. The van der Waals surface area contributed by atoms with E-state index in [1.165, 1.54) is 12.1 Å². The zero-order valence-electron chi connectivity index (χ0n) is 22.5. The van der Waals surface area contributed by atoms with Gasteiger partial charge in [-0.25, -0.2) is 13.9 Å². The van der Waals surface area contributed by atoms with Gasteiger partial charge in [0.05, 0.1) is 24.8 Å². The first kappa shape index (κ1) is 27.0. The summed E-state index contributed by atoms with van der Waals surface area (Å²) < 4.78 is 20.4. The maximum absolute atomic E-state index is 13.5. The average molecular weight is 517 g/mol. The fraction of sp³-hybridized carbons (Fsp3) is 0.333. The second-order valence-corrected chi connectivity index (χ2v) is 9.50. The minimum absolute atomic E-state index is 0.0624. The van der Waals surface area contributed by atoms with Gasteiger partial charge in [0, 0.05) is 23.4 Å². The van der Waals surface area contributed by atoms with Gasteiger partial charge in [0.25, 0.3) is 0 Å². The molecule has 0 aliphatic rings. The number of ether oxygens (including phenoxy) is 1. The lowest BCUT2D eigenvalue weighted by molar-refractivity contribution is -0.143. The van der Waals surface area contributed by atoms with Gasteiger partial charge < -0.3 is 10.1 Å². The predicted octanol–water partition coefficient (Wildman–Crippen LogP) is 5.51. The van der Waals surface area contributed by atoms with Crippen LogP contribution in [0.1, 0.15) is 59.6 Å². The number of nitrogens with zero attached hydrogens (tertiary/aromatic N) is 3. The maximum atomic E-state index is 13.5.